The zero-order chi connectivity index (χ0) is 16.1. The molecule has 2 aliphatic rings. The van der Waals surface area contributed by atoms with Gasteiger partial charge in [-0.25, -0.2) is 19.2 Å². The predicted octanol–water partition coefficient (Wildman–Crippen LogP) is 3.32. The number of nitrogens with zero attached hydrogens (tertiary/aromatic N) is 3. The fourth-order valence-electron chi connectivity index (χ4n) is 3.33. The summed E-state index contributed by atoms with van der Waals surface area (Å²) < 4.78 is 13.0. The number of amides is 2. The lowest BCUT2D eigenvalue weighted by Crippen LogP contribution is -2.46. The Hall–Kier alpha value is -2.50. The van der Waals surface area contributed by atoms with Crippen molar-refractivity contribution in [3.63, 3.8) is 0 Å². The Morgan fingerprint density at radius 2 is 2.13 bits per heavy atom. The molecule has 2 amide bonds. The first-order chi connectivity index (χ1) is 11.0. The Morgan fingerprint density at radius 3 is 2.74 bits per heavy atom. The molecule has 0 spiro atoms. The predicted molar refractivity (Wildman–Crippen MR) is 86.4 cm³/mol. The maximum Gasteiger partial charge on any atom is 0.322 e. The van der Waals surface area contributed by atoms with Crippen LogP contribution in [0.15, 0.2) is 30.6 Å². The fourth-order valence-corrected chi connectivity index (χ4v) is 3.33. The number of nitrogens with one attached hydrogen (secondary N) is 1. The van der Waals surface area contributed by atoms with Crippen LogP contribution in [0, 0.1) is 24.6 Å². The second-order valence-corrected chi connectivity index (χ2v) is 6.35. The quantitative estimate of drug-likeness (QED) is 0.925. The zero-order valence-corrected chi connectivity index (χ0v) is 13.0. The highest BCUT2D eigenvalue weighted by Crippen LogP contribution is 2.52. The Morgan fingerprint density at radius 1 is 1.39 bits per heavy atom. The van der Waals surface area contributed by atoms with Crippen molar-refractivity contribution in [1.29, 1.82) is 0 Å². The first-order valence-corrected chi connectivity index (χ1v) is 7.71. The average molecular weight is 314 g/mol. The number of aryl methyl sites for hydroxylation is 1. The highest BCUT2D eigenvalue weighted by Gasteiger charge is 2.61. The Kier molecular flexibility index (Phi) is 3.07. The third-order valence-corrected chi connectivity index (χ3v) is 4.89. The third kappa shape index (κ3) is 2.34. The molecule has 2 unspecified atom stereocenters. The number of carbonyl (C=O) groups excluding carboxylic acids is 1. The normalized spacial score (nSPS) is 24.7. The number of benzene rings is 1. The number of carbonyl (C=O) groups is 1. The van der Waals surface area contributed by atoms with E-state index >= 15 is 0 Å². The lowest BCUT2D eigenvalue weighted by atomic mass is 10.1. The van der Waals surface area contributed by atoms with Crippen LogP contribution in [0.5, 0.6) is 0 Å². The van der Waals surface area contributed by atoms with E-state index in [2.05, 4.69) is 22.2 Å². The van der Waals surface area contributed by atoms with Crippen LogP contribution in [0.3, 0.4) is 0 Å². The van der Waals surface area contributed by atoms with E-state index in [0.29, 0.717) is 29.4 Å². The third-order valence-electron chi connectivity index (χ3n) is 4.89. The molecule has 1 aromatic heterocycles. The van der Waals surface area contributed by atoms with E-state index in [1.54, 1.807) is 0 Å². The molecule has 2 heterocycles. The summed E-state index contributed by atoms with van der Waals surface area (Å²) in [6.07, 6.45) is 2.28. The molecule has 1 aliphatic heterocycles. The smallest absolute Gasteiger partial charge is 0.321 e. The van der Waals surface area contributed by atoms with E-state index in [0.717, 1.165) is 30.1 Å². The Bertz CT molecular complexity index is 779. The largest absolute Gasteiger partial charge is 0.322 e. The molecular weight excluding hydrogens is 295 g/mol. The summed E-state index contributed by atoms with van der Waals surface area (Å²) in [5.74, 6) is 1.30. The van der Waals surface area contributed by atoms with Crippen molar-refractivity contribution in [3.8, 4) is 11.4 Å². The number of aromatic nitrogens is 2. The van der Waals surface area contributed by atoms with Gasteiger partial charge >= 0.3 is 6.03 Å². The monoisotopic (exact) mass is 314 g/mol. The fraction of sp³-hybridized carbons (Fsp3) is 0.353. The molecule has 1 aliphatic carbocycles. The van der Waals surface area contributed by atoms with Gasteiger partial charge in [0, 0.05) is 31.2 Å². The van der Waals surface area contributed by atoms with Crippen LogP contribution < -0.4 is 5.32 Å². The van der Waals surface area contributed by atoms with Crippen LogP contribution in [-0.4, -0.2) is 33.5 Å². The standard InChI is InChI=1S/C17H17FN4O.H2/c1-9-3-4-12(5-13(9)16-19-6-11(18)7-20-16)21-17(23)22-8-14-10(2)15(14)22;/h3-7,10,14-15H,8H2,1-2H3,(H,21,23);1H/t10-,14?,15?;/m0./s1. The minimum Gasteiger partial charge on any atom is -0.321 e. The van der Waals surface area contributed by atoms with E-state index in [1.807, 2.05) is 30.0 Å². The van der Waals surface area contributed by atoms with Gasteiger partial charge in [0.05, 0.1) is 12.4 Å². The van der Waals surface area contributed by atoms with Crippen LogP contribution in [0.2, 0.25) is 0 Å². The van der Waals surface area contributed by atoms with E-state index in [4.69, 9.17) is 0 Å². The van der Waals surface area contributed by atoms with Crippen molar-refractivity contribution >= 4 is 11.7 Å². The molecule has 2 fully saturated rings. The van der Waals surface area contributed by atoms with Crippen molar-refractivity contribution in [2.75, 3.05) is 11.9 Å². The van der Waals surface area contributed by atoms with Gasteiger partial charge in [-0.15, -0.1) is 0 Å². The number of fused-ring (bicyclic) bond motifs is 1. The molecule has 4 rings (SSSR count). The zero-order valence-electron chi connectivity index (χ0n) is 13.0. The maximum atomic E-state index is 13.0. The van der Waals surface area contributed by atoms with Gasteiger partial charge in [-0.1, -0.05) is 13.0 Å². The highest BCUT2D eigenvalue weighted by atomic mass is 19.1. The number of halogens is 1. The van der Waals surface area contributed by atoms with Crippen molar-refractivity contribution in [3.05, 3.63) is 42.0 Å². The minimum absolute atomic E-state index is 0. The molecule has 120 valence electrons. The molecule has 0 bridgehead atoms. The van der Waals surface area contributed by atoms with Crippen LogP contribution >= 0.6 is 0 Å². The molecule has 0 radical (unpaired) electrons. The molecule has 6 heteroatoms. The minimum atomic E-state index is -0.471. The van der Waals surface area contributed by atoms with Crippen LogP contribution in [0.25, 0.3) is 11.4 Å². The summed E-state index contributed by atoms with van der Waals surface area (Å²) in [4.78, 5) is 22.2. The van der Waals surface area contributed by atoms with Gasteiger partial charge in [-0.3, -0.25) is 0 Å². The number of urea groups is 1. The number of likely N-dealkylation sites (tertiary alicyclic amines) is 1. The van der Waals surface area contributed by atoms with Gasteiger partial charge in [0.1, 0.15) is 0 Å². The molecule has 5 nitrogen and oxygen atoms in total. The van der Waals surface area contributed by atoms with Gasteiger partial charge < -0.3 is 10.2 Å². The Labute approximate surface area is 135 Å². The number of anilines is 1. The lowest BCUT2D eigenvalue weighted by molar-refractivity contribution is 0.175. The summed E-state index contributed by atoms with van der Waals surface area (Å²) in [6.45, 7) is 4.95. The number of hydrogen-bond donors (Lipinski definition) is 1. The molecular formula is C17H19FN4O. The van der Waals surface area contributed by atoms with Crippen molar-refractivity contribution in [2.24, 2.45) is 11.8 Å². The van der Waals surface area contributed by atoms with E-state index in [9.17, 15) is 9.18 Å². The van der Waals surface area contributed by atoms with Crippen LogP contribution in [0.1, 0.15) is 13.9 Å². The van der Waals surface area contributed by atoms with E-state index in [-0.39, 0.29) is 7.46 Å². The second-order valence-electron chi connectivity index (χ2n) is 6.35. The summed E-state index contributed by atoms with van der Waals surface area (Å²) in [5, 5.41) is 2.93. The van der Waals surface area contributed by atoms with Gasteiger partial charge in [-0.05, 0) is 30.5 Å². The van der Waals surface area contributed by atoms with Crippen molar-refractivity contribution in [2.45, 2.75) is 19.9 Å². The van der Waals surface area contributed by atoms with Gasteiger partial charge in [0.2, 0.25) is 0 Å². The topological polar surface area (TPSA) is 58.1 Å². The Balaban J connectivity index is 0.00000169. The second kappa shape index (κ2) is 5.01. The molecule has 23 heavy (non-hydrogen) atoms. The molecule has 1 saturated heterocycles. The summed E-state index contributed by atoms with van der Waals surface area (Å²) >= 11 is 0. The van der Waals surface area contributed by atoms with Gasteiger partial charge in [0.25, 0.3) is 0 Å². The first kappa shape index (κ1) is 14.1. The maximum absolute atomic E-state index is 13.0. The molecule has 1 aromatic carbocycles. The first-order valence-electron chi connectivity index (χ1n) is 7.71. The molecule has 1 N–H and O–H groups in total. The molecule has 3 atom stereocenters. The van der Waals surface area contributed by atoms with Crippen molar-refractivity contribution in [1.82, 2.24) is 14.9 Å². The number of rotatable bonds is 2. The van der Waals surface area contributed by atoms with Crippen LogP contribution in [0.4, 0.5) is 14.9 Å². The van der Waals surface area contributed by atoms with Crippen molar-refractivity contribution < 1.29 is 10.6 Å². The molecule has 2 aromatic rings. The highest BCUT2D eigenvalue weighted by molar-refractivity contribution is 5.91. The lowest BCUT2D eigenvalue weighted by Gasteiger charge is -2.30. The number of hydrogen-bond acceptors (Lipinski definition) is 3. The SMILES string of the molecule is Cc1ccc(NC(=O)N2CC3C2[C@H]3C)cc1-c1ncc(F)cn1.[HH]. The van der Waals surface area contributed by atoms with Crippen LogP contribution in [-0.2, 0) is 0 Å². The van der Waals surface area contributed by atoms with Gasteiger partial charge in [0.15, 0.2) is 11.6 Å². The van der Waals surface area contributed by atoms with E-state index < -0.39 is 5.82 Å². The summed E-state index contributed by atoms with van der Waals surface area (Å²) in [5.41, 5.74) is 2.44. The summed E-state index contributed by atoms with van der Waals surface area (Å²) in [7, 11) is 0. The average Bonchev–Trinajstić information content (AvgIpc) is 3.00. The van der Waals surface area contributed by atoms with E-state index in [1.165, 1.54) is 0 Å². The molecule has 1 saturated carbocycles. The van der Waals surface area contributed by atoms with Gasteiger partial charge in [-0.2, -0.15) is 0 Å². The summed E-state index contributed by atoms with van der Waals surface area (Å²) in [6, 6.07) is 5.93.